The van der Waals surface area contributed by atoms with Gasteiger partial charge in [0.05, 0.1) is 0 Å². The lowest BCUT2D eigenvalue weighted by Crippen LogP contribution is -1.80. The smallest absolute Gasteiger partial charge is 0.222 e. The number of benzene rings is 1. The number of nitrogens with zero attached hydrogens (tertiary/aromatic N) is 1. The van der Waals surface area contributed by atoms with Crippen LogP contribution in [0.2, 0.25) is 0 Å². The number of anilines is 1. The Morgan fingerprint density at radius 3 is 2.88 bits per heavy atom. The number of aromatic amines is 1. The summed E-state index contributed by atoms with van der Waals surface area (Å²) in [6.07, 6.45) is 0. The number of fused-ring (bicyclic) bond motifs is 1. The molecule has 0 aliphatic rings. The molecule has 0 spiro atoms. The minimum atomic E-state index is -0.283. The third kappa shape index (κ3) is 1.47. The molecule has 1 aromatic carbocycles. The van der Waals surface area contributed by atoms with Crippen molar-refractivity contribution < 1.29 is 8.91 Å². The molecule has 0 unspecified atom stereocenters. The summed E-state index contributed by atoms with van der Waals surface area (Å²) in [6, 6.07) is 6.21. The first-order chi connectivity index (χ1) is 8.15. The Labute approximate surface area is 96.2 Å². The molecule has 0 aliphatic carbocycles. The van der Waals surface area contributed by atoms with Crippen LogP contribution in [0.15, 0.2) is 28.8 Å². The van der Waals surface area contributed by atoms with Gasteiger partial charge in [-0.3, -0.25) is 0 Å². The van der Waals surface area contributed by atoms with Gasteiger partial charge in [0.1, 0.15) is 11.5 Å². The lowest BCUT2D eigenvalue weighted by Gasteiger charge is -1.95. The Morgan fingerprint density at radius 2 is 2.18 bits per heavy atom. The molecule has 3 aromatic rings. The molecule has 17 heavy (non-hydrogen) atoms. The van der Waals surface area contributed by atoms with Gasteiger partial charge >= 0.3 is 0 Å². The van der Waals surface area contributed by atoms with Gasteiger partial charge in [-0.1, -0.05) is 5.16 Å². The summed E-state index contributed by atoms with van der Waals surface area (Å²) in [7, 11) is 0. The summed E-state index contributed by atoms with van der Waals surface area (Å²) in [5.74, 6) is -0.0423. The summed E-state index contributed by atoms with van der Waals surface area (Å²) < 4.78 is 18.1. The first-order valence-electron chi connectivity index (χ1n) is 5.15. The van der Waals surface area contributed by atoms with E-state index in [0.717, 1.165) is 22.2 Å². The largest absolute Gasteiger partial charge is 0.368 e. The number of nitrogens with one attached hydrogen (secondary N) is 1. The average Bonchev–Trinajstić information content (AvgIpc) is 2.81. The zero-order valence-corrected chi connectivity index (χ0v) is 9.12. The van der Waals surface area contributed by atoms with Crippen molar-refractivity contribution >= 4 is 16.8 Å². The number of H-pyrrole nitrogens is 1. The van der Waals surface area contributed by atoms with Gasteiger partial charge in [0, 0.05) is 28.2 Å². The van der Waals surface area contributed by atoms with Crippen LogP contribution in [0.1, 0.15) is 5.69 Å². The number of hydrogen-bond donors (Lipinski definition) is 2. The monoisotopic (exact) mass is 231 g/mol. The summed E-state index contributed by atoms with van der Waals surface area (Å²) in [5, 5.41) is 4.63. The van der Waals surface area contributed by atoms with Crippen LogP contribution in [0.25, 0.3) is 22.2 Å². The third-order valence-corrected chi connectivity index (χ3v) is 2.73. The average molecular weight is 231 g/mol. The number of aromatic nitrogens is 2. The molecule has 0 aliphatic heterocycles. The van der Waals surface area contributed by atoms with E-state index in [-0.39, 0.29) is 11.7 Å². The Bertz CT molecular complexity index is 699. The molecule has 3 rings (SSSR count). The fraction of sp³-hybridized carbons (Fsp3) is 0.0833. The SMILES string of the molecule is Cc1[nH]c2ccc(F)cc2c1-c1cc(N)on1. The summed E-state index contributed by atoms with van der Waals surface area (Å²) in [5.41, 5.74) is 8.69. The van der Waals surface area contributed by atoms with E-state index in [1.165, 1.54) is 12.1 Å². The first-order valence-corrected chi connectivity index (χ1v) is 5.15. The zero-order chi connectivity index (χ0) is 12.0. The van der Waals surface area contributed by atoms with Crippen molar-refractivity contribution in [1.82, 2.24) is 10.1 Å². The van der Waals surface area contributed by atoms with E-state index in [9.17, 15) is 4.39 Å². The van der Waals surface area contributed by atoms with E-state index in [4.69, 9.17) is 10.3 Å². The van der Waals surface area contributed by atoms with Crippen molar-refractivity contribution in [3.8, 4) is 11.3 Å². The first kappa shape index (κ1) is 9.89. The molecule has 0 bridgehead atoms. The van der Waals surface area contributed by atoms with Gasteiger partial charge in [-0.25, -0.2) is 4.39 Å². The third-order valence-electron chi connectivity index (χ3n) is 2.73. The predicted molar refractivity (Wildman–Crippen MR) is 62.9 cm³/mol. The lowest BCUT2D eigenvalue weighted by atomic mass is 10.1. The Balaban J connectivity index is 2.34. The van der Waals surface area contributed by atoms with Gasteiger partial charge in [0.2, 0.25) is 5.88 Å². The van der Waals surface area contributed by atoms with Crippen molar-refractivity contribution in [3.05, 3.63) is 35.8 Å². The van der Waals surface area contributed by atoms with Crippen LogP contribution in [-0.4, -0.2) is 10.1 Å². The molecule has 5 heteroatoms. The summed E-state index contributed by atoms with van der Waals surface area (Å²) in [6.45, 7) is 1.90. The van der Waals surface area contributed by atoms with Gasteiger partial charge in [-0.15, -0.1) is 0 Å². The molecular weight excluding hydrogens is 221 g/mol. The van der Waals surface area contributed by atoms with E-state index in [1.54, 1.807) is 12.1 Å². The highest BCUT2D eigenvalue weighted by Gasteiger charge is 2.14. The molecule has 0 atom stereocenters. The molecule has 2 aromatic heterocycles. The Morgan fingerprint density at radius 1 is 1.35 bits per heavy atom. The molecule has 2 heterocycles. The number of nitrogen functional groups attached to an aromatic ring is 1. The zero-order valence-electron chi connectivity index (χ0n) is 9.12. The fourth-order valence-corrected chi connectivity index (χ4v) is 2.04. The molecule has 3 N–H and O–H groups in total. The normalized spacial score (nSPS) is 11.2. The second-order valence-electron chi connectivity index (χ2n) is 3.93. The van der Waals surface area contributed by atoms with Crippen molar-refractivity contribution in [2.75, 3.05) is 5.73 Å². The molecular formula is C12H10FN3O. The maximum Gasteiger partial charge on any atom is 0.222 e. The van der Waals surface area contributed by atoms with Crippen molar-refractivity contribution in [2.24, 2.45) is 0 Å². The molecule has 0 radical (unpaired) electrons. The minimum absolute atomic E-state index is 0.241. The van der Waals surface area contributed by atoms with E-state index in [0.29, 0.717) is 5.69 Å². The van der Waals surface area contributed by atoms with Crippen LogP contribution in [0, 0.1) is 12.7 Å². The van der Waals surface area contributed by atoms with Crippen molar-refractivity contribution in [3.63, 3.8) is 0 Å². The second kappa shape index (κ2) is 3.35. The van der Waals surface area contributed by atoms with Gasteiger partial charge < -0.3 is 15.2 Å². The van der Waals surface area contributed by atoms with E-state index in [1.807, 2.05) is 6.92 Å². The standard InChI is InChI=1S/C12H10FN3O/c1-6-12(10-5-11(14)17-16-10)8-4-7(13)2-3-9(8)15-6/h2-5,15H,14H2,1H3. The van der Waals surface area contributed by atoms with E-state index < -0.39 is 0 Å². The topological polar surface area (TPSA) is 67.8 Å². The lowest BCUT2D eigenvalue weighted by molar-refractivity contribution is 0.439. The number of nitrogens with two attached hydrogens (primary N) is 1. The number of aryl methyl sites for hydroxylation is 1. The van der Waals surface area contributed by atoms with Crippen LogP contribution in [0.3, 0.4) is 0 Å². The Hall–Kier alpha value is -2.30. The highest BCUT2D eigenvalue weighted by atomic mass is 19.1. The predicted octanol–water partition coefficient (Wildman–Crippen LogP) is 2.85. The molecule has 0 fully saturated rings. The maximum atomic E-state index is 13.3. The number of rotatable bonds is 1. The van der Waals surface area contributed by atoms with E-state index in [2.05, 4.69) is 10.1 Å². The van der Waals surface area contributed by atoms with Crippen LogP contribution < -0.4 is 5.73 Å². The summed E-state index contributed by atoms with van der Waals surface area (Å²) in [4.78, 5) is 3.17. The van der Waals surface area contributed by atoms with Gasteiger partial charge in [0.15, 0.2) is 0 Å². The molecule has 0 saturated carbocycles. The minimum Gasteiger partial charge on any atom is -0.368 e. The summed E-state index contributed by atoms with van der Waals surface area (Å²) >= 11 is 0. The second-order valence-corrected chi connectivity index (χ2v) is 3.93. The Kier molecular flexibility index (Phi) is 1.95. The van der Waals surface area contributed by atoms with Crippen LogP contribution in [0.4, 0.5) is 10.3 Å². The van der Waals surface area contributed by atoms with E-state index >= 15 is 0 Å². The highest BCUT2D eigenvalue weighted by molar-refractivity contribution is 5.96. The highest BCUT2D eigenvalue weighted by Crippen LogP contribution is 2.32. The molecule has 0 saturated heterocycles. The molecule has 86 valence electrons. The number of hydrogen-bond acceptors (Lipinski definition) is 3. The fourth-order valence-electron chi connectivity index (χ4n) is 2.04. The van der Waals surface area contributed by atoms with Crippen LogP contribution >= 0.6 is 0 Å². The maximum absolute atomic E-state index is 13.3. The van der Waals surface area contributed by atoms with Gasteiger partial charge in [-0.05, 0) is 25.1 Å². The molecule has 0 amide bonds. The van der Waals surface area contributed by atoms with Crippen LogP contribution in [0.5, 0.6) is 0 Å². The van der Waals surface area contributed by atoms with Gasteiger partial charge in [0.25, 0.3) is 0 Å². The quantitative estimate of drug-likeness (QED) is 0.676. The molecule has 4 nitrogen and oxygen atoms in total. The van der Waals surface area contributed by atoms with Crippen molar-refractivity contribution in [2.45, 2.75) is 6.92 Å². The van der Waals surface area contributed by atoms with Gasteiger partial charge in [-0.2, -0.15) is 0 Å². The van der Waals surface area contributed by atoms with Crippen LogP contribution in [-0.2, 0) is 0 Å². The number of halogens is 1. The van der Waals surface area contributed by atoms with Crippen molar-refractivity contribution in [1.29, 1.82) is 0 Å².